The molecule has 1 aliphatic heterocycles. The van der Waals surface area contributed by atoms with E-state index in [1.54, 1.807) is 0 Å². The highest BCUT2D eigenvalue weighted by atomic mass is 32.2. The molecular weight excluding hydrogens is 417 g/mol. The van der Waals surface area contributed by atoms with Gasteiger partial charge >= 0.3 is 6.18 Å². The first-order valence-corrected chi connectivity index (χ1v) is 11.0. The summed E-state index contributed by atoms with van der Waals surface area (Å²) in [5.74, 6) is -4.19. The summed E-state index contributed by atoms with van der Waals surface area (Å²) >= 11 is 0. The largest absolute Gasteiger partial charge is 0.417 e. The summed E-state index contributed by atoms with van der Waals surface area (Å²) in [5, 5.41) is -1.13. The van der Waals surface area contributed by atoms with Gasteiger partial charge in [-0.15, -0.1) is 0 Å². The van der Waals surface area contributed by atoms with Gasteiger partial charge in [-0.05, 0) is 55.7 Å². The highest BCUT2D eigenvalue weighted by Crippen LogP contribution is 2.45. The minimum atomic E-state index is -4.82. The van der Waals surface area contributed by atoms with Crippen LogP contribution in [0.4, 0.5) is 22.0 Å². The minimum Gasteiger partial charge on any atom is -0.330 e. The lowest BCUT2D eigenvalue weighted by Gasteiger charge is -2.40. The number of hydrogen-bond donors (Lipinski definition) is 0. The van der Waals surface area contributed by atoms with Crippen LogP contribution in [0, 0.1) is 5.92 Å². The molecule has 0 radical (unpaired) electrons. The Morgan fingerprint density at radius 2 is 1.72 bits per heavy atom. The Morgan fingerprint density at radius 3 is 2.28 bits per heavy atom. The first-order valence-electron chi connectivity index (χ1n) is 9.50. The van der Waals surface area contributed by atoms with E-state index in [1.807, 2.05) is 0 Å². The molecule has 2 aliphatic carbocycles. The molecule has 160 valence electrons. The van der Waals surface area contributed by atoms with Gasteiger partial charge in [-0.3, -0.25) is 4.79 Å². The lowest BCUT2D eigenvalue weighted by atomic mass is 10.0. The zero-order valence-electron chi connectivity index (χ0n) is 15.4. The van der Waals surface area contributed by atoms with E-state index in [0.717, 1.165) is 29.9 Å². The van der Waals surface area contributed by atoms with Crippen molar-refractivity contribution in [2.24, 2.45) is 5.92 Å². The highest BCUT2D eigenvalue weighted by molar-refractivity contribution is 7.92. The van der Waals surface area contributed by atoms with Crippen molar-refractivity contribution in [3.05, 3.63) is 29.3 Å². The van der Waals surface area contributed by atoms with Crippen molar-refractivity contribution < 1.29 is 35.2 Å². The number of halogens is 5. The van der Waals surface area contributed by atoms with Gasteiger partial charge in [-0.25, -0.2) is 17.2 Å². The third-order valence-corrected chi connectivity index (χ3v) is 8.27. The lowest BCUT2D eigenvalue weighted by molar-refractivity contribution is -0.169. The number of hydrogen-bond acceptors (Lipinski definition) is 3. The first-order chi connectivity index (χ1) is 13.4. The maximum absolute atomic E-state index is 13.6. The SMILES string of the molecule is O=C([C@@H]1CC[C@@H](S(=O)(=O)c2ccc(C3CC3)cc2C(F)(F)F)C1)N1CC(F)(F)C1. The second-order valence-corrected chi connectivity index (χ2v) is 10.5. The molecule has 1 amide bonds. The molecule has 2 atom stereocenters. The molecule has 1 aromatic carbocycles. The number of carbonyl (C=O) groups is 1. The van der Waals surface area contributed by atoms with Gasteiger partial charge in [0.1, 0.15) is 0 Å². The van der Waals surface area contributed by atoms with Gasteiger partial charge in [0.05, 0.1) is 28.8 Å². The highest BCUT2D eigenvalue weighted by Gasteiger charge is 2.50. The molecule has 0 aromatic heterocycles. The molecule has 29 heavy (non-hydrogen) atoms. The van der Waals surface area contributed by atoms with E-state index in [1.165, 1.54) is 6.07 Å². The summed E-state index contributed by atoms with van der Waals surface area (Å²) in [4.78, 5) is 12.5. The summed E-state index contributed by atoms with van der Waals surface area (Å²) in [6.45, 7) is -1.39. The molecule has 0 spiro atoms. The average molecular weight is 437 g/mol. The Balaban J connectivity index is 1.55. The van der Waals surface area contributed by atoms with Crippen molar-refractivity contribution in [1.29, 1.82) is 0 Å². The van der Waals surface area contributed by atoms with Gasteiger partial charge < -0.3 is 4.90 Å². The maximum Gasteiger partial charge on any atom is 0.417 e. The van der Waals surface area contributed by atoms with Crippen LogP contribution in [0.1, 0.15) is 49.1 Å². The number of sulfone groups is 1. The van der Waals surface area contributed by atoms with Crippen LogP contribution in [0.15, 0.2) is 23.1 Å². The van der Waals surface area contributed by atoms with Gasteiger partial charge in [-0.1, -0.05) is 6.07 Å². The normalized spacial score (nSPS) is 27.0. The third kappa shape index (κ3) is 3.87. The van der Waals surface area contributed by atoms with Gasteiger partial charge in [0.25, 0.3) is 5.92 Å². The quantitative estimate of drug-likeness (QED) is 0.669. The summed E-state index contributed by atoms with van der Waals surface area (Å²) in [7, 11) is -4.32. The fraction of sp³-hybridized carbons (Fsp3) is 0.632. The van der Waals surface area contributed by atoms with Gasteiger partial charge in [-0.2, -0.15) is 13.2 Å². The van der Waals surface area contributed by atoms with E-state index < -0.39 is 62.6 Å². The van der Waals surface area contributed by atoms with Crippen molar-refractivity contribution in [2.75, 3.05) is 13.1 Å². The Labute approximate surface area is 165 Å². The third-order valence-electron chi connectivity index (χ3n) is 5.99. The van der Waals surface area contributed by atoms with Gasteiger partial charge in [0.2, 0.25) is 5.91 Å². The molecule has 1 saturated heterocycles. The molecule has 3 aliphatic rings. The predicted octanol–water partition coefficient (Wildman–Crippen LogP) is 4.00. The second kappa shape index (κ2) is 6.65. The van der Waals surface area contributed by atoms with Crippen molar-refractivity contribution >= 4 is 15.7 Å². The molecular formula is C19H20F5NO3S. The van der Waals surface area contributed by atoms with Crippen LogP contribution < -0.4 is 0 Å². The number of benzene rings is 1. The maximum atomic E-state index is 13.6. The Morgan fingerprint density at radius 1 is 1.07 bits per heavy atom. The number of rotatable bonds is 4. The predicted molar refractivity (Wildman–Crippen MR) is 93.3 cm³/mol. The molecule has 10 heteroatoms. The zero-order chi connectivity index (χ0) is 21.2. The number of likely N-dealkylation sites (tertiary alicyclic amines) is 1. The zero-order valence-corrected chi connectivity index (χ0v) is 16.2. The van der Waals surface area contributed by atoms with Crippen molar-refractivity contribution in [3.63, 3.8) is 0 Å². The molecule has 1 heterocycles. The van der Waals surface area contributed by atoms with Crippen LogP contribution in [0.2, 0.25) is 0 Å². The van der Waals surface area contributed by atoms with Crippen molar-refractivity contribution in [1.82, 2.24) is 4.90 Å². The van der Waals surface area contributed by atoms with E-state index in [0.29, 0.717) is 5.56 Å². The first kappa shape index (κ1) is 20.6. The molecule has 3 fully saturated rings. The smallest absolute Gasteiger partial charge is 0.330 e. The monoisotopic (exact) mass is 437 g/mol. The van der Waals surface area contributed by atoms with E-state index in [9.17, 15) is 35.2 Å². The fourth-order valence-corrected chi connectivity index (χ4v) is 6.27. The van der Waals surface area contributed by atoms with Crippen molar-refractivity contribution in [2.45, 2.75) is 60.3 Å². The van der Waals surface area contributed by atoms with Crippen LogP contribution in [0.5, 0.6) is 0 Å². The van der Waals surface area contributed by atoms with Gasteiger partial charge in [0.15, 0.2) is 9.84 Å². The van der Waals surface area contributed by atoms with E-state index in [-0.39, 0.29) is 25.2 Å². The summed E-state index contributed by atoms with van der Waals surface area (Å²) < 4.78 is 92.6. The topological polar surface area (TPSA) is 54.5 Å². The van der Waals surface area contributed by atoms with Crippen LogP contribution in [-0.2, 0) is 20.8 Å². The van der Waals surface area contributed by atoms with E-state index in [4.69, 9.17) is 0 Å². The van der Waals surface area contributed by atoms with Crippen molar-refractivity contribution in [3.8, 4) is 0 Å². The van der Waals surface area contributed by atoms with Crippen LogP contribution in [-0.4, -0.2) is 43.5 Å². The molecule has 2 saturated carbocycles. The standard InChI is InChI=1S/C19H20F5NO3S/c20-18(21)9-25(10-18)17(26)13-3-5-14(7-13)29(27,28)16-6-4-12(11-1-2-11)8-15(16)19(22,23)24/h4,6,8,11,13-14H,1-3,5,7,9-10H2/t13-,14-/m1/s1. The average Bonchev–Trinajstić information content (AvgIpc) is 3.33. The summed E-state index contributed by atoms with van der Waals surface area (Å²) in [6, 6.07) is 3.38. The van der Waals surface area contributed by atoms with E-state index in [2.05, 4.69) is 0 Å². The molecule has 4 rings (SSSR count). The Kier molecular flexibility index (Phi) is 4.71. The lowest BCUT2D eigenvalue weighted by Crippen LogP contribution is -2.59. The van der Waals surface area contributed by atoms with Crippen LogP contribution in [0.25, 0.3) is 0 Å². The molecule has 1 aromatic rings. The van der Waals surface area contributed by atoms with Crippen LogP contribution in [0.3, 0.4) is 0 Å². The summed E-state index contributed by atoms with van der Waals surface area (Å²) in [5.41, 5.74) is -0.687. The van der Waals surface area contributed by atoms with E-state index >= 15 is 0 Å². The number of nitrogens with zero attached hydrogens (tertiary/aromatic N) is 1. The Hall–Kier alpha value is -1.71. The summed E-state index contributed by atoms with van der Waals surface area (Å²) in [6.07, 6.45) is -3.21. The minimum absolute atomic E-state index is 0.0324. The van der Waals surface area contributed by atoms with Gasteiger partial charge in [0, 0.05) is 5.92 Å². The number of amides is 1. The molecule has 0 N–H and O–H groups in total. The number of carbonyl (C=O) groups excluding carboxylic acids is 1. The van der Waals surface area contributed by atoms with Crippen LogP contribution >= 0.6 is 0 Å². The molecule has 4 nitrogen and oxygen atoms in total. The Bertz CT molecular complexity index is 932. The molecule has 0 unspecified atom stereocenters. The fourth-order valence-electron chi connectivity index (χ4n) is 4.24. The second-order valence-electron chi connectivity index (χ2n) is 8.25. The number of alkyl halides is 5. The molecule has 0 bridgehead atoms.